The van der Waals surface area contributed by atoms with Crippen LogP contribution in [0, 0.1) is 11.8 Å². The summed E-state index contributed by atoms with van der Waals surface area (Å²) in [6.45, 7) is 18.6. The molecule has 0 aliphatic heterocycles. The van der Waals surface area contributed by atoms with E-state index in [2.05, 4.69) is 309 Å². The Balaban J connectivity index is 0.000000111. The Bertz CT molecular complexity index is 9350. The molecule has 8 heterocycles. The van der Waals surface area contributed by atoms with Crippen LogP contribution in [-0.2, 0) is 16.2 Å². The van der Waals surface area contributed by atoms with Gasteiger partial charge >= 0.3 is 0 Å². The minimum atomic E-state index is -0.0914. The van der Waals surface area contributed by atoms with Crippen molar-refractivity contribution in [1.82, 2.24) is 49.8 Å². The van der Waals surface area contributed by atoms with E-state index in [1.807, 2.05) is 170 Å². The molecule has 149 heavy (non-hydrogen) atoms. The Labute approximate surface area is 860 Å². The highest BCUT2D eigenvalue weighted by Crippen LogP contribution is 2.60. The minimum absolute atomic E-state index is 0.0759. The van der Waals surface area contributed by atoms with Gasteiger partial charge in [-0.2, -0.15) is 0 Å². The largest absolute Gasteiger partial charge is 0.456 e. The van der Waals surface area contributed by atoms with E-state index in [9.17, 15) is 0 Å². The van der Waals surface area contributed by atoms with Crippen molar-refractivity contribution in [2.75, 3.05) is 0 Å². The zero-order chi connectivity index (χ0) is 100. The number of benzene rings is 18. The zero-order valence-corrected chi connectivity index (χ0v) is 83.2. The number of aromatic nitrogens is 10. The van der Waals surface area contributed by atoms with E-state index < -0.39 is 0 Å². The van der Waals surface area contributed by atoms with Gasteiger partial charge in [0, 0.05) is 127 Å². The highest BCUT2D eigenvalue weighted by atomic mass is 16.3. The van der Waals surface area contributed by atoms with E-state index >= 15 is 0 Å². The maximum absolute atomic E-state index is 6.88. The van der Waals surface area contributed by atoms with Gasteiger partial charge in [-0.3, -0.25) is 4.98 Å². The molecule has 0 fully saturated rings. The standard InChI is InChI=1S/C52H39N3O2.C42H29N3O.C41H28N4O/c1-30(2)52(31(3)4)42-21-10-8-16-36(42)40-28-41-37-19-12-18-35(48(37)57-46(41)29-43(40)52)32-24-26-34(27-25-32)50-53-49(33-14-6-5-7-15-33)54-51(55-50)39-20-13-23-45-47(39)38-17-9-11-22-44(38)56-45;1-42(2)35-19-10-9-16-31(35)33-24-34-32-18-11-17-30(38(32)46-37(34)25-36(33)42)26-20-22-29(23-21-26)41-44-39(27-12-5-3-6-13-27)43-40(45-41)28-14-7-4-8-15-28;1-41(2)33-16-7-6-13-29(33)31-23-32-30-15-10-14-28(37(30)46-36(32)24-34(31)41)25-18-20-27(21-19-25)39-43-38(26-11-4-3-5-12-26)44-40(45-39)35-17-8-9-22-42-35/h5-31H,1-4H3;3-25H,1-2H3;3-24H,1-2H3. The molecule has 0 atom stereocenters. The quantitative estimate of drug-likeness (QED) is 0.100. The van der Waals surface area contributed by atoms with Gasteiger partial charge in [0.15, 0.2) is 52.4 Å². The van der Waals surface area contributed by atoms with Gasteiger partial charge in [-0.05, 0) is 156 Å². The molecule has 0 spiro atoms. The van der Waals surface area contributed by atoms with E-state index in [4.69, 9.17) is 62.5 Å². The second-order valence-electron chi connectivity index (χ2n) is 40.7. The van der Waals surface area contributed by atoms with E-state index in [1.165, 1.54) is 66.8 Å². The summed E-state index contributed by atoms with van der Waals surface area (Å²) in [5, 5.41) is 8.81. The first kappa shape index (κ1) is 89.2. The fourth-order valence-electron chi connectivity index (χ4n) is 23.7. The average Bonchev–Trinajstić information content (AvgIpc) is 1.54. The van der Waals surface area contributed by atoms with Gasteiger partial charge < -0.3 is 17.7 Å². The molecule has 0 radical (unpaired) electrons. The molecule has 14 heteroatoms. The summed E-state index contributed by atoms with van der Waals surface area (Å²) in [7, 11) is 0. The number of para-hydroxylation sites is 4. The van der Waals surface area contributed by atoms with Crippen LogP contribution in [0.3, 0.4) is 0 Å². The summed E-state index contributed by atoms with van der Waals surface area (Å²) < 4.78 is 26.4. The molecule has 0 N–H and O–H groups in total. The van der Waals surface area contributed by atoms with Crippen molar-refractivity contribution in [3.8, 4) is 169 Å². The van der Waals surface area contributed by atoms with Gasteiger partial charge in [-0.15, -0.1) is 0 Å². The van der Waals surface area contributed by atoms with Crippen LogP contribution in [0.1, 0.15) is 88.8 Å². The van der Waals surface area contributed by atoms with E-state index in [-0.39, 0.29) is 16.2 Å². The van der Waals surface area contributed by atoms with Crippen LogP contribution in [0.2, 0.25) is 0 Å². The van der Waals surface area contributed by atoms with Crippen molar-refractivity contribution in [3.05, 3.63) is 458 Å². The summed E-state index contributed by atoms with van der Waals surface area (Å²) in [5.41, 5.74) is 37.3. The van der Waals surface area contributed by atoms with Crippen molar-refractivity contribution in [1.29, 1.82) is 0 Å². The zero-order valence-electron chi connectivity index (χ0n) is 83.2. The Morgan fingerprint density at radius 3 is 0.866 bits per heavy atom. The molecule has 3 aliphatic rings. The van der Waals surface area contributed by atoms with E-state index in [1.54, 1.807) is 6.20 Å². The summed E-state index contributed by atoms with van der Waals surface area (Å²) >= 11 is 0. The normalized spacial score (nSPS) is 13.2. The highest BCUT2D eigenvalue weighted by Gasteiger charge is 2.49. The van der Waals surface area contributed by atoms with Gasteiger partial charge in [-0.25, -0.2) is 44.9 Å². The Morgan fingerprint density at radius 2 is 0.477 bits per heavy atom. The van der Waals surface area contributed by atoms with Crippen LogP contribution in [-0.4, -0.2) is 49.8 Å². The molecule has 0 unspecified atom stereocenters. The Hall–Kier alpha value is -18.7. The van der Waals surface area contributed by atoms with Gasteiger partial charge in [0.25, 0.3) is 0 Å². The first-order valence-corrected chi connectivity index (χ1v) is 50.9. The van der Waals surface area contributed by atoms with Crippen LogP contribution in [0.5, 0.6) is 0 Å². The number of hydrogen-bond donors (Lipinski definition) is 0. The number of furan rings is 4. The van der Waals surface area contributed by atoms with Crippen LogP contribution in [0.4, 0.5) is 0 Å². The predicted octanol–water partition coefficient (Wildman–Crippen LogP) is 34.8. The predicted molar refractivity (Wildman–Crippen MR) is 603 cm³/mol. The molecule has 3 aliphatic carbocycles. The summed E-state index contributed by atoms with van der Waals surface area (Å²) in [6.07, 6.45) is 1.75. The summed E-state index contributed by atoms with van der Waals surface area (Å²) in [5.74, 6) is 6.34. The molecule has 26 aromatic rings. The summed E-state index contributed by atoms with van der Waals surface area (Å²) in [6, 6.07) is 145. The van der Waals surface area contributed by atoms with Crippen molar-refractivity contribution in [3.63, 3.8) is 0 Å². The van der Waals surface area contributed by atoms with Crippen LogP contribution >= 0.6 is 0 Å². The lowest BCUT2D eigenvalue weighted by molar-refractivity contribution is 0.280. The molecule has 0 saturated carbocycles. The monoisotopic (exact) mass is 1920 g/mol. The second-order valence-corrected chi connectivity index (χ2v) is 40.7. The second kappa shape index (κ2) is 35.4. The maximum atomic E-state index is 6.88. The molecule has 710 valence electrons. The van der Waals surface area contributed by atoms with Crippen LogP contribution in [0.15, 0.2) is 442 Å². The molecule has 14 nitrogen and oxygen atoms in total. The smallest absolute Gasteiger partial charge is 0.182 e. The number of rotatable bonds is 14. The SMILES string of the molecule is CC(C)C1(C(C)C)c2ccccc2-c2cc3c(cc21)oc1c(-c2ccc(-c4nc(-c5ccccc5)nc(-c5cccc6oc7ccccc7c56)n4)cc2)cccc13.CC1(C)c2ccccc2-c2cc3c(cc21)oc1c(-c2ccc(-c4nc(-c5ccccc5)nc(-c5ccccc5)n4)cc2)cccc13.CC1(C)c2ccccc2-c2cc3c(cc21)oc1c(-c2ccc(-c4nc(-c5ccccc5)nc(-c5ccccn5)n4)cc2)cccc13. The molecular formula is C135H96N10O4. The molecule has 0 amide bonds. The van der Waals surface area contributed by atoms with Gasteiger partial charge in [0.2, 0.25) is 0 Å². The molecular weight excluding hydrogens is 1830 g/mol. The highest BCUT2D eigenvalue weighted by molar-refractivity contribution is 6.16. The van der Waals surface area contributed by atoms with Crippen molar-refractivity contribution >= 4 is 87.8 Å². The topological polar surface area (TPSA) is 181 Å². The number of fused-ring (bicyclic) bond motifs is 21. The number of hydrogen-bond acceptors (Lipinski definition) is 14. The van der Waals surface area contributed by atoms with Crippen molar-refractivity contribution in [2.24, 2.45) is 11.8 Å². The first-order valence-electron chi connectivity index (χ1n) is 50.9. The number of nitrogens with zero attached hydrogens (tertiary/aromatic N) is 10. The lowest BCUT2D eigenvalue weighted by Gasteiger charge is -2.40. The average molecular weight is 1920 g/mol. The van der Waals surface area contributed by atoms with Gasteiger partial charge in [0.05, 0.1) is 0 Å². The maximum Gasteiger partial charge on any atom is 0.182 e. The third-order valence-corrected chi connectivity index (χ3v) is 30.9. The van der Waals surface area contributed by atoms with Crippen LogP contribution < -0.4 is 0 Å². The Morgan fingerprint density at radius 1 is 0.188 bits per heavy atom. The van der Waals surface area contributed by atoms with Crippen molar-refractivity contribution < 1.29 is 17.7 Å². The van der Waals surface area contributed by atoms with E-state index in [0.29, 0.717) is 69.9 Å². The Kier molecular flexibility index (Phi) is 21.2. The van der Waals surface area contributed by atoms with Gasteiger partial charge in [0.1, 0.15) is 50.4 Å². The fraction of sp³-hybridized carbons (Fsp3) is 0.0963. The lowest BCUT2D eigenvalue weighted by atomic mass is 9.63. The van der Waals surface area contributed by atoms with E-state index in [0.717, 1.165) is 166 Å². The molecule has 29 rings (SSSR count). The third-order valence-electron chi connectivity index (χ3n) is 30.9. The lowest BCUT2D eigenvalue weighted by Crippen LogP contribution is -2.37. The molecule has 0 bridgehead atoms. The number of pyridine rings is 1. The first-order chi connectivity index (χ1) is 73.0. The third kappa shape index (κ3) is 14.9. The molecule has 18 aromatic carbocycles. The fourth-order valence-corrected chi connectivity index (χ4v) is 23.7. The van der Waals surface area contributed by atoms with Crippen molar-refractivity contribution in [2.45, 2.75) is 71.6 Å². The molecule has 8 aromatic heterocycles. The molecule has 0 saturated heterocycles. The van der Waals surface area contributed by atoms with Gasteiger partial charge in [-0.1, -0.05) is 413 Å². The van der Waals surface area contributed by atoms with Crippen LogP contribution in [0.25, 0.3) is 257 Å². The summed E-state index contributed by atoms with van der Waals surface area (Å²) in [4.78, 5) is 48.8. The minimum Gasteiger partial charge on any atom is -0.456 e.